The number of anilines is 1. The summed E-state index contributed by atoms with van der Waals surface area (Å²) in [7, 11) is 0. The summed E-state index contributed by atoms with van der Waals surface area (Å²) in [6.07, 6.45) is 5.91. The van der Waals surface area contributed by atoms with E-state index in [1.807, 2.05) is 13.8 Å². The van der Waals surface area contributed by atoms with E-state index >= 15 is 0 Å². The van der Waals surface area contributed by atoms with E-state index in [1.165, 1.54) is 22.4 Å². The molecule has 1 aromatic carbocycles. The Balaban J connectivity index is 1.46. The third kappa shape index (κ3) is 4.17. The summed E-state index contributed by atoms with van der Waals surface area (Å²) in [5, 5.41) is 13.6. The topological polar surface area (TPSA) is 56.1 Å². The van der Waals surface area contributed by atoms with Gasteiger partial charge in [-0.05, 0) is 62.1 Å². The lowest BCUT2D eigenvalue weighted by Crippen LogP contribution is -2.37. The molecule has 1 fully saturated rings. The largest absolute Gasteiger partial charge is 0.316 e. The molecule has 0 radical (unpaired) electrons. The third-order valence-electron chi connectivity index (χ3n) is 6.95. The number of carbonyl (C=O) groups excluding carboxylic acids is 1. The number of amides is 1. The van der Waals surface area contributed by atoms with Gasteiger partial charge in [0.25, 0.3) is 0 Å². The fourth-order valence-corrected chi connectivity index (χ4v) is 6.35. The van der Waals surface area contributed by atoms with Crippen molar-refractivity contribution in [3.8, 4) is 6.07 Å². The predicted octanol–water partition coefficient (Wildman–Crippen LogP) is 5.34. The van der Waals surface area contributed by atoms with Crippen LogP contribution in [0.5, 0.6) is 0 Å². The zero-order chi connectivity index (χ0) is 21.1. The quantitative estimate of drug-likeness (QED) is 0.685. The maximum absolute atomic E-state index is 12.6. The normalized spacial score (nSPS) is 21.4. The van der Waals surface area contributed by atoms with Crippen LogP contribution in [0.15, 0.2) is 30.3 Å². The Kier molecular flexibility index (Phi) is 6.55. The average Bonchev–Trinajstić information content (AvgIpc) is 3.39. The second kappa shape index (κ2) is 9.32. The zero-order valence-corrected chi connectivity index (χ0v) is 18.8. The molecule has 2 aromatic rings. The standard InChI is InChI=1S/C25H31N3OS/c1-3-17(4-2)24(29)27-25-22(15-26)21-11-10-20(14-23(21)30-25)28-13-12-19(16-28)18-8-6-5-7-9-18/h5-9,17,19-20H,3-4,10-14,16H2,1-2H3,(H,27,29). The van der Waals surface area contributed by atoms with Crippen LogP contribution in [0.1, 0.15) is 67.0 Å². The molecular formula is C25H31N3OS. The Morgan fingerprint density at radius 2 is 2.03 bits per heavy atom. The van der Waals surface area contributed by atoms with Gasteiger partial charge >= 0.3 is 0 Å². The second-order valence-electron chi connectivity index (χ2n) is 8.61. The molecule has 1 amide bonds. The highest BCUT2D eigenvalue weighted by Crippen LogP contribution is 2.40. The highest BCUT2D eigenvalue weighted by molar-refractivity contribution is 7.16. The van der Waals surface area contributed by atoms with Crippen LogP contribution in [-0.4, -0.2) is 29.9 Å². The van der Waals surface area contributed by atoms with Crippen LogP contribution in [0.3, 0.4) is 0 Å². The molecule has 0 spiro atoms. The zero-order valence-electron chi connectivity index (χ0n) is 18.0. The molecule has 0 saturated carbocycles. The lowest BCUT2D eigenvalue weighted by atomic mass is 9.91. The van der Waals surface area contributed by atoms with Crippen LogP contribution >= 0.6 is 11.3 Å². The maximum atomic E-state index is 12.6. The van der Waals surface area contributed by atoms with Gasteiger partial charge in [0, 0.05) is 23.4 Å². The summed E-state index contributed by atoms with van der Waals surface area (Å²) in [6.45, 7) is 6.36. The molecule has 2 heterocycles. The molecule has 1 N–H and O–H groups in total. The van der Waals surface area contributed by atoms with Crippen molar-refractivity contribution in [2.24, 2.45) is 5.92 Å². The minimum Gasteiger partial charge on any atom is -0.316 e. The van der Waals surface area contributed by atoms with Crippen molar-refractivity contribution in [2.75, 3.05) is 18.4 Å². The highest BCUT2D eigenvalue weighted by Gasteiger charge is 2.33. The molecule has 1 aliphatic carbocycles. The van der Waals surface area contributed by atoms with Gasteiger partial charge in [0.2, 0.25) is 5.91 Å². The molecule has 4 rings (SSSR count). The van der Waals surface area contributed by atoms with Gasteiger partial charge in [-0.15, -0.1) is 11.3 Å². The van der Waals surface area contributed by atoms with E-state index in [1.54, 1.807) is 11.3 Å². The molecule has 2 aliphatic rings. The summed E-state index contributed by atoms with van der Waals surface area (Å²) in [5.74, 6) is 0.695. The minimum atomic E-state index is 0.0166. The first-order valence-corrected chi connectivity index (χ1v) is 12.1. The summed E-state index contributed by atoms with van der Waals surface area (Å²) < 4.78 is 0. The second-order valence-corrected chi connectivity index (χ2v) is 9.72. The van der Waals surface area contributed by atoms with Gasteiger partial charge < -0.3 is 5.32 Å². The van der Waals surface area contributed by atoms with Crippen molar-refractivity contribution in [2.45, 2.75) is 64.3 Å². The fraction of sp³-hybridized carbons (Fsp3) is 0.520. The Bertz CT molecular complexity index is 926. The van der Waals surface area contributed by atoms with Gasteiger partial charge in [0.05, 0.1) is 5.56 Å². The summed E-state index contributed by atoms with van der Waals surface area (Å²) in [5.41, 5.74) is 3.33. The number of nitrogens with one attached hydrogen (secondary N) is 1. The van der Waals surface area contributed by atoms with Crippen LogP contribution in [0.4, 0.5) is 5.00 Å². The number of hydrogen-bond donors (Lipinski definition) is 1. The number of fused-ring (bicyclic) bond motifs is 1. The summed E-state index contributed by atoms with van der Waals surface area (Å²) in [4.78, 5) is 16.5. The number of likely N-dealkylation sites (tertiary alicyclic amines) is 1. The lowest BCUT2D eigenvalue weighted by molar-refractivity contribution is -0.120. The van der Waals surface area contributed by atoms with Crippen molar-refractivity contribution in [3.05, 3.63) is 51.9 Å². The predicted molar refractivity (Wildman–Crippen MR) is 123 cm³/mol. The fourth-order valence-electron chi connectivity index (χ4n) is 5.08. The molecule has 2 unspecified atom stereocenters. The Morgan fingerprint density at radius 3 is 2.73 bits per heavy atom. The van der Waals surface area contributed by atoms with E-state index < -0.39 is 0 Å². The van der Waals surface area contributed by atoms with E-state index in [0.29, 0.717) is 17.5 Å². The van der Waals surface area contributed by atoms with Gasteiger partial charge in [0.15, 0.2) is 0 Å². The van der Waals surface area contributed by atoms with Crippen LogP contribution in [0.25, 0.3) is 0 Å². The maximum Gasteiger partial charge on any atom is 0.228 e. The Morgan fingerprint density at radius 1 is 1.27 bits per heavy atom. The van der Waals surface area contributed by atoms with Crippen LogP contribution in [-0.2, 0) is 17.6 Å². The monoisotopic (exact) mass is 421 g/mol. The van der Waals surface area contributed by atoms with Crippen molar-refractivity contribution in [1.29, 1.82) is 5.26 Å². The first kappa shape index (κ1) is 21.1. The lowest BCUT2D eigenvalue weighted by Gasteiger charge is -2.31. The molecule has 4 nitrogen and oxygen atoms in total. The molecule has 2 atom stereocenters. The molecule has 1 saturated heterocycles. The first-order valence-electron chi connectivity index (χ1n) is 11.3. The number of thiophene rings is 1. The SMILES string of the molecule is CCC(CC)C(=O)Nc1sc2c(c1C#N)CCC(N1CCC(c3ccccc3)C1)C2. The van der Waals surface area contributed by atoms with E-state index in [4.69, 9.17) is 0 Å². The third-order valence-corrected chi connectivity index (χ3v) is 8.12. The van der Waals surface area contributed by atoms with E-state index in [-0.39, 0.29) is 11.8 Å². The van der Waals surface area contributed by atoms with Gasteiger partial charge in [-0.25, -0.2) is 0 Å². The first-order chi connectivity index (χ1) is 14.6. The molecule has 5 heteroatoms. The molecule has 1 aliphatic heterocycles. The van der Waals surface area contributed by atoms with Crippen molar-refractivity contribution in [3.63, 3.8) is 0 Å². The summed E-state index contributed by atoms with van der Waals surface area (Å²) >= 11 is 1.63. The van der Waals surface area contributed by atoms with Crippen LogP contribution in [0.2, 0.25) is 0 Å². The number of carbonyl (C=O) groups is 1. The molecule has 30 heavy (non-hydrogen) atoms. The van der Waals surface area contributed by atoms with Crippen LogP contribution < -0.4 is 5.32 Å². The van der Waals surface area contributed by atoms with Gasteiger partial charge in [0.1, 0.15) is 11.1 Å². The number of rotatable bonds is 6. The molecule has 1 aromatic heterocycles. The smallest absolute Gasteiger partial charge is 0.228 e. The summed E-state index contributed by atoms with van der Waals surface area (Å²) in [6, 6.07) is 13.8. The minimum absolute atomic E-state index is 0.0166. The number of hydrogen-bond acceptors (Lipinski definition) is 4. The molecular weight excluding hydrogens is 390 g/mol. The van der Waals surface area contributed by atoms with Crippen molar-refractivity contribution in [1.82, 2.24) is 4.90 Å². The average molecular weight is 422 g/mol. The number of nitriles is 1. The Labute approximate surface area is 183 Å². The van der Waals surface area contributed by atoms with Crippen LogP contribution in [0, 0.1) is 17.2 Å². The van der Waals surface area contributed by atoms with E-state index in [9.17, 15) is 10.1 Å². The van der Waals surface area contributed by atoms with E-state index in [0.717, 1.165) is 50.2 Å². The van der Waals surface area contributed by atoms with Crippen molar-refractivity contribution < 1.29 is 4.79 Å². The Hall–Kier alpha value is -2.16. The molecule has 158 valence electrons. The van der Waals surface area contributed by atoms with Gasteiger partial charge in [-0.2, -0.15) is 5.26 Å². The molecule has 0 bridgehead atoms. The van der Waals surface area contributed by atoms with Gasteiger partial charge in [-0.3, -0.25) is 9.69 Å². The van der Waals surface area contributed by atoms with E-state index in [2.05, 4.69) is 46.6 Å². The number of nitrogens with zero attached hydrogens (tertiary/aromatic N) is 2. The van der Waals surface area contributed by atoms with Gasteiger partial charge in [-0.1, -0.05) is 44.2 Å². The highest BCUT2D eigenvalue weighted by atomic mass is 32.1. The number of benzene rings is 1. The van der Waals surface area contributed by atoms with Crippen molar-refractivity contribution >= 4 is 22.2 Å².